The number of nitriles is 2. The number of phenolic OH excluding ortho intramolecular Hbond substituents is 2. The van der Waals surface area contributed by atoms with Gasteiger partial charge in [-0.15, -0.1) is 0 Å². The first-order chi connectivity index (χ1) is 24.0. The van der Waals surface area contributed by atoms with E-state index in [4.69, 9.17) is 0 Å². The molecule has 0 spiro atoms. The van der Waals surface area contributed by atoms with E-state index >= 15 is 0 Å². The van der Waals surface area contributed by atoms with Crippen molar-refractivity contribution in [2.45, 2.75) is 27.7 Å². The molecule has 51 heavy (non-hydrogen) atoms. The Hall–Kier alpha value is -6.67. The van der Waals surface area contributed by atoms with Gasteiger partial charge in [-0.2, -0.15) is 30.1 Å². The SMILES string of the molecule is Cc1ccc(-n2nc(C#N)c(C=Nc3ccccc3O)c2O)c(C)c1.Cc1ccc(-n2nc(C#N)c(C=Nc3ccccc3O)c2O)c(C)c1.[Co]. The van der Waals surface area contributed by atoms with Gasteiger partial charge in [0.15, 0.2) is 11.4 Å². The maximum absolute atomic E-state index is 10.5. The van der Waals surface area contributed by atoms with Crippen LogP contribution in [0.5, 0.6) is 23.3 Å². The fourth-order valence-corrected chi connectivity index (χ4v) is 5.08. The summed E-state index contributed by atoms with van der Waals surface area (Å²) in [4.78, 5) is 8.30. The van der Waals surface area contributed by atoms with Crippen LogP contribution >= 0.6 is 0 Å². The van der Waals surface area contributed by atoms with Crippen LogP contribution in [0.25, 0.3) is 11.4 Å². The van der Waals surface area contributed by atoms with E-state index in [1.54, 1.807) is 36.4 Å². The van der Waals surface area contributed by atoms with Gasteiger partial charge in [-0.3, -0.25) is 9.98 Å². The first kappa shape index (κ1) is 37.2. The van der Waals surface area contributed by atoms with E-state index in [0.717, 1.165) is 22.3 Å². The van der Waals surface area contributed by atoms with Crippen molar-refractivity contribution >= 4 is 23.8 Å². The van der Waals surface area contributed by atoms with Crippen molar-refractivity contribution < 1.29 is 37.2 Å². The first-order valence-corrected chi connectivity index (χ1v) is 15.3. The van der Waals surface area contributed by atoms with Crippen molar-refractivity contribution in [3.05, 3.63) is 130 Å². The first-order valence-electron chi connectivity index (χ1n) is 15.3. The number of rotatable bonds is 6. The fraction of sp³-hybridized carbons (Fsp3) is 0.105. The van der Waals surface area contributed by atoms with Gasteiger partial charge in [-0.05, 0) is 75.2 Å². The summed E-state index contributed by atoms with van der Waals surface area (Å²) in [5.41, 5.74) is 6.57. The minimum Gasteiger partial charge on any atom is -0.506 e. The molecule has 6 rings (SSSR count). The Morgan fingerprint density at radius 3 is 1.29 bits per heavy atom. The maximum Gasteiger partial charge on any atom is 0.224 e. The van der Waals surface area contributed by atoms with Crippen LogP contribution in [0.3, 0.4) is 0 Å². The molecule has 0 unspecified atom stereocenters. The summed E-state index contributed by atoms with van der Waals surface area (Å²) in [6.07, 6.45) is 2.66. The summed E-state index contributed by atoms with van der Waals surface area (Å²) < 4.78 is 2.64. The van der Waals surface area contributed by atoms with E-state index in [-0.39, 0.29) is 62.6 Å². The van der Waals surface area contributed by atoms with Gasteiger partial charge < -0.3 is 20.4 Å². The summed E-state index contributed by atoms with van der Waals surface area (Å²) in [7, 11) is 0. The second-order valence-corrected chi connectivity index (χ2v) is 11.3. The average molecular weight is 724 g/mol. The summed E-state index contributed by atoms with van der Waals surface area (Å²) in [5.74, 6) is -0.331. The van der Waals surface area contributed by atoms with Gasteiger partial charge in [0.05, 0.1) is 22.5 Å². The average Bonchev–Trinajstić information content (AvgIpc) is 3.58. The van der Waals surface area contributed by atoms with Crippen molar-refractivity contribution in [2.75, 3.05) is 0 Å². The maximum atomic E-state index is 10.5. The van der Waals surface area contributed by atoms with Gasteiger partial charge in [0.2, 0.25) is 11.8 Å². The third-order valence-electron chi connectivity index (χ3n) is 7.59. The van der Waals surface area contributed by atoms with Crippen LogP contribution in [0.1, 0.15) is 44.8 Å². The molecule has 0 aliphatic heterocycles. The van der Waals surface area contributed by atoms with Crippen LogP contribution < -0.4 is 0 Å². The van der Waals surface area contributed by atoms with Gasteiger partial charge in [0.25, 0.3) is 0 Å². The van der Waals surface area contributed by atoms with E-state index < -0.39 is 0 Å². The Bertz CT molecular complexity index is 2200. The van der Waals surface area contributed by atoms with Crippen LogP contribution in [0.4, 0.5) is 11.4 Å². The molecule has 12 nitrogen and oxygen atoms in total. The zero-order valence-corrected chi connectivity index (χ0v) is 29.0. The van der Waals surface area contributed by atoms with Gasteiger partial charge >= 0.3 is 0 Å². The van der Waals surface area contributed by atoms with Crippen LogP contribution in [0.2, 0.25) is 0 Å². The molecule has 4 aromatic carbocycles. The molecule has 0 aliphatic carbocycles. The molecule has 1 radical (unpaired) electrons. The number of hydrogen-bond donors (Lipinski definition) is 4. The molecule has 0 fully saturated rings. The number of aromatic hydroxyl groups is 4. The van der Waals surface area contributed by atoms with Gasteiger partial charge in [-0.1, -0.05) is 59.7 Å². The van der Waals surface area contributed by atoms with E-state index in [0.29, 0.717) is 22.7 Å². The largest absolute Gasteiger partial charge is 0.506 e. The molecule has 2 aromatic heterocycles. The predicted molar refractivity (Wildman–Crippen MR) is 190 cm³/mol. The van der Waals surface area contributed by atoms with Crippen molar-refractivity contribution in [3.8, 4) is 46.8 Å². The molecule has 13 heteroatoms. The van der Waals surface area contributed by atoms with Crippen molar-refractivity contribution in [1.82, 2.24) is 19.6 Å². The molecule has 0 atom stereocenters. The summed E-state index contributed by atoms with van der Waals surface area (Å²) in [6, 6.07) is 28.5. The Morgan fingerprint density at radius 2 is 0.961 bits per heavy atom. The molecule has 4 N–H and O–H groups in total. The summed E-state index contributed by atoms with van der Waals surface area (Å²) in [5, 5.41) is 67.6. The van der Waals surface area contributed by atoms with Crippen LogP contribution in [-0.4, -0.2) is 52.4 Å². The van der Waals surface area contributed by atoms with Crippen molar-refractivity contribution in [2.24, 2.45) is 9.98 Å². The molecule has 0 saturated carbocycles. The summed E-state index contributed by atoms with van der Waals surface area (Å²) in [6.45, 7) is 7.77. The number of aliphatic imine (C=N–C) groups is 2. The molecule has 0 bridgehead atoms. The number of phenols is 2. The molecule has 6 aromatic rings. The van der Waals surface area contributed by atoms with Crippen LogP contribution in [0, 0.1) is 50.4 Å². The molecule has 0 saturated heterocycles. The van der Waals surface area contributed by atoms with Gasteiger partial charge in [-0.25, -0.2) is 0 Å². The standard InChI is InChI=1S/2C19H16N4O2.Co/c2*1-12-7-8-17(13(2)9-12)23-19(25)14(16(10-20)22-23)11-21-15-5-3-4-6-18(15)24;/h2*3-9,11,24-25H,1-2H3;. The predicted octanol–water partition coefficient (Wildman–Crippen LogP) is 7.04. The smallest absolute Gasteiger partial charge is 0.224 e. The van der Waals surface area contributed by atoms with Crippen molar-refractivity contribution in [3.63, 3.8) is 0 Å². The van der Waals surface area contributed by atoms with Gasteiger partial charge in [0, 0.05) is 29.2 Å². The number of nitrogens with zero attached hydrogens (tertiary/aromatic N) is 8. The molecular formula is C38H32CoN8O4. The number of hydrogen-bond acceptors (Lipinski definition) is 10. The topological polar surface area (TPSA) is 189 Å². The van der Waals surface area contributed by atoms with Crippen LogP contribution in [0.15, 0.2) is 94.9 Å². The molecule has 0 aliphatic rings. The molecule has 0 amide bonds. The molecule has 2 heterocycles. The van der Waals surface area contributed by atoms with E-state index in [2.05, 4.69) is 20.2 Å². The third kappa shape index (κ3) is 8.14. The second-order valence-electron chi connectivity index (χ2n) is 11.3. The molecular weight excluding hydrogens is 691 g/mol. The number of para-hydroxylation sites is 4. The Morgan fingerprint density at radius 1 is 0.588 bits per heavy atom. The van der Waals surface area contributed by atoms with E-state index in [1.807, 2.05) is 76.2 Å². The molecule has 257 valence electrons. The van der Waals surface area contributed by atoms with Crippen LogP contribution in [-0.2, 0) is 16.8 Å². The zero-order valence-electron chi connectivity index (χ0n) is 27.9. The fourth-order valence-electron chi connectivity index (χ4n) is 5.08. The Labute approximate surface area is 304 Å². The third-order valence-corrected chi connectivity index (χ3v) is 7.59. The zero-order chi connectivity index (χ0) is 35.9. The number of aryl methyl sites for hydroxylation is 4. The monoisotopic (exact) mass is 723 g/mol. The quantitative estimate of drug-likeness (QED) is 0.132. The summed E-state index contributed by atoms with van der Waals surface area (Å²) >= 11 is 0. The normalized spacial score (nSPS) is 10.7. The Kier molecular flexibility index (Phi) is 11.8. The minimum atomic E-state index is -0.178. The van der Waals surface area contributed by atoms with E-state index in [1.165, 1.54) is 33.9 Å². The van der Waals surface area contributed by atoms with Crippen molar-refractivity contribution in [1.29, 1.82) is 10.5 Å². The number of aromatic nitrogens is 4. The Balaban J connectivity index is 0.000000224. The second kappa shape index (κ2) is 16.2. The minimum absolute atomic E-state index is 0. The van der Waals surface area contributed by atoms with Gasteiger partial charge in [0.1, 0.15) is 35.0 Å². The number of benzene rings is 4. The van der Waals surface area contributed by atoms with E-state index in [9.17, 15) is 30.9 Å².